The lowest BCUT2D eigenvalue weighted by molar-refractivity contribution is 0.768. The molecule has 0 saturated heterocycles. The highest BCUT2D eigenvalue weighted by molar-refractivity contribution is 9.10. The summed E-state index contributed by atoms with van der Waals surface area (Å²) in [5, 5.41) is 4.55. The van der Waals surface area contributed by atoms with Gasteiger partial charge in [0.2, 0.25) is 0 Å². The van der Waals surface area contributed by atoms with Gasteiger partial charge in [0.25, 0.3) is 0 Å². The average molecular weight is 350 g/mol. The Bertz CT molecular complexity index is 769. The molecule has 2 aromatic heterocycles. The molecule has 2 heterocycles. The Balaban J connectivity index is 2.14. The predicted octanol–water partition coefficient (Wildman–Crippen LogP) is 3.96. The van der Waals surface area contributed by atoms with Crippen LogP contribution in [0.1, 0.15) is 0 Å². The first-order valence-corrected chi connectivity index (χ1v) is 7.09. The molecule has 0 bridgehead atoms. The normalized spacial score (nSPS) is 10.8. The van der Waals surface area contributed by atoms with Crippen LogP contribution in [0.15, 0.2) is 47.2 Å². The van der Waals surface area contributed by atoms with Crippen molar-refractivity contribution in [3.63, 3.8) is 0 Å². The van der Waals surface area contributed by atoms with E-state index in [0.29, 0.717) is 11.0 Å². The minimum absolute atomic E-state index is 0.407. The summed E-state index contributed by atoms with van der Waals surface area (Å²) < 4.78 is 2.66. The van der Waals surface area contributed by atoms with E-state index in [0.717, 1.165) is 21.3 Å². The molecule has 3 rings (SSSR count). The maximum atomic E-state index is 6.12. The van der Waals surface area contributed by atoms with Crippen molar-refractivity contribution in [1.29, 1.82) is 0 Å². The molecular weight excluding hydrogens is 340 g/mol. The Morgan fingerprint density at radius 2 is 2.00 bits per heavy atom. The van der Waals surface area contributed by atoms with Crippen LogP contribution in [0.4, 0.5) is 0 Å². The zero-order valence-electron chi connectivity index (χ0n) is 10.6. The number of halogens is 2. The molecule has 0 aliphatic rings. The van der Waals surface area contributed by atoms with Crippen molar-refractivity contribution in [2.45, 2.75) is 0 Å². The Labute approximate surface area is 129 Å². The second kappa shape index (κ2) is 5.34. The molecule has 20 heavy (non-hydrogen) atoms. The van der Waals surface area contributed by atoms with Crippen molar-refractivity contribution >= 4 is 27.5 Å². The highest BCUT2D eigenvalue weighted by Gasteiger charge is 2.11. The molecule has 0 atom stereocenters. The van der Waals surface area contributed by atoms with Crippen LogP contribution < -0.4 is 0 Å². The van der Waals surface area contributed by atoms with Crippen LogP contribution in [0.5, 0.6) is 0 Å². The van der Waals surface area contributed by atoms with Crippen molar-refractivity contribution in [3.8, 4) is 22.6 Å². The number of hydrogen-bond donors (Lipinski definition) is 0. The summed E-state index contributed by atoms with van der Waals surface area (Å²) in [5.74, 6) is 0.587. The number of rotatable bonds is 2. The Kier molecular flexibility index (Phi) is 3.54. The lowest BCUT2D eigenvalue weighted by atomic mass is 10.2. The molecule has 6 heteroatoms. The zero-order valence-corrected chi connectivity index (χ0v) is 12.9. The fraction of sp³-hybridized carbons (Fsp3) is 0.0714. The minimum Gasteiger partial charge on any atom is -0.275 e. The van der Waals surface area contributed by atoms with E-state index >= 15 is 0 Å². The van der Waals surface area contributed by atoms with E-state index in [2.05, 4.69) is 31.0 Å². The molecule has 0 N–H and O–H groups in total. The third-order valence-electron chi connectivity index (χ3n) is 2.81. The lowest BCUT2D eigenvalue weighted by Crippen LogP contribution is -1.93. The van der Waals surface area contributed by atoms with Gasteiger partial charge in [-0.3, -0.25) is 4.68 Å². The van der Waals surface area contributed by atoms with Gasteiger partial charge in [0.05, 0.1) is 11.9 Å². The SMILES string of the molecule is Cn1cc(-c2cc(Cl)nc(-c3ccccc3Br)n2)cn1. The van der Waals surface area contributed by atoms with Crippen LogP contribution in [-0.2, 0) is 7.05 Å². The molecule has 0 amide bonds. The first-order valence-electron chi connectivity index (χ1n) is 5.92. The number of aromatic nitrogens is 4. The highest BCUT2D eigenvalue weighted by Crippen LogP contribution is 2.28. The molecule has 0 spiro atoms. The van der Waals surface area contributed by atoms with Crippen molar-refractivity contribution in [2.24, 2.45) is 7.05 Å². The summed E-state index contributed by atoms with van der Waals surface area (Å²) in [6.07, 6.45) is 3.64. The molecule has 3 aromatic rings. The van der Waals surface area contributed by atoms with E-state index in [-0.39, 0.29) is 0 Å². The van der Waals surface area contributed by atoms with Crippen LogP contribution in [0.3, 0.4) is 0 Å². The van der Waals surface area contributed by atoms with E-state index in [4.69, 9.17) is 11.6 Å². The Hall–Kier alpha value is -1.72. The largest absolute Gasteiger partial charge is 0.275 e. The van der Waals surface area contributed by atoms with E-state index in [1.807, 2.05) is 37.5 Å². The van der Waals surface area contributed by atoms with Gasteiger partial charge >= 0.3 is 0 Å². The summed E-state index contributed by atoms with van der Waals surface area (Å²) in [6, 6.07) is 9.51. The van der Waals surface area contributed by atoms with E-state index in [1.165, 1.54) is 0 Å². The van der Waals surface area contributed by atoms with Gasteiger partial charge < -0.3 is 0 Å². The second-order valence-electron chi connectivity index (χ2n) is 4.28. The Morgan fingerprint density at radius 3 is 2.70 bits per heavy atom. The van der Waals surface area contributed by atoms with Crippen molar-refractivity contribution in [1.82, 2.24) is 19.7 Å². The van der Waals surface area contributed by atoms with Gasteiger partial charge in [-0.1, -0.05) is 45.7 Å². The molecule has 0 aliphatic heterocycles. The van der Waals surface area contributed by atoms with Gasteiger partial charge in [0.15, 0.2) is 5.82 Å². The monoisotopic (exact) mass is 348 g/mol. The third kappa shape index (κ3) is 2.59. The topological polar surface area (TPSA) is 43.6 Å². The Morgan fingerprint density at radius 1 is 1.20 bits per heavy atom. The highest BCUT2D eigenvalue weighted by atomic mass is 79.9. The lowest BCUT2D eigenvalue weighted by Gasteiger charge is -2.05. The molecule has 0 aliphatic carbocycles. The summed E-state index contributed by atoms with van der Waals surface area (Å²) in [4.78, 5) is 8.86. The average Bonchev–Trinajstić information content (AvgIpc) is 2.85. The van der Waals surface area contributed by atoms with Crippen molar-refractivity contribution < 1.29 is 0 Å². The van der Waals surface area contributed by atoms with Gasteiger partial charge in [0.1, 0.15) is 5.15 Å². The summed E-state index contributed by atoms with van der Waals surface area (Å²) >= 11 is 9.62. The van der Waals surface area contributed by atoms with E-state index < -0.39 is 0 Å². The van der Waals surface area contributed by atoms with Gasteiger partial charge in [-0.25, -0.2) is 9.97 Å². The maximum Gasteiger partial charge on any atom is 0.162 e. The minimum atomic E-state index is 0.407. The quantitative estimate of drug-likeness (QED) is 0.658. The molecule has 1 aromatic carbocycles. The number of aryl methyl sites for hydroxylation is 1. The molecule has 0 fully saturated rings. The predicted molar refractivity (Wildman–Crippen MR) is 82.4 cm³/mol. The number of benzene rings is 1. The third-order valence-corrected chi connectivity index (χ3v) is 3.70. The van der Waals surface area contributed by atoms with Crippen LogP contribution in [0.2, 0.25) is 5.15 Å². The van der Waals surface area contributed by atoms with E-state index in [9.17, 15) is 0 Å². The van der Waals surface area contributed by atoms with Crippen LogP contribution in [0, 0.1) is 0 Å². The molecule has 100 valence electrons. The summed E-state index contributed by atoms with van der Waals surface area (Å²) in [6.45, 7) is 0. The van der Waals surface area contributed by atoms with Gasteiger partial charge in [-0.2, -0.15) is 5.10 Å². The molecule has 0 radical (unpaired) electrons. The number of hydrogen-bond acceptors (Lipinski definition) is 3. The standard InChI is InChI=1S/C14H10BrClN4/c1-20-8-9(7-17-20)12-6-13(16)19-14(18-12)10-4-2-3-5-11(10)15/h2-8H,1H3. The van der Waals surface area contributed by atoms with Crippen LogP contribution >= 0.6 is 27.5 Å². The van der Waals surface area contributed by atoms with Crippen LogP contribution in [-0.4, -0.2) is 19.7 Å². The summed E-state index contributed by atoms with van der Waals surface area (Å²) in [7, 11) is 1.86. The molecule has 4 nitrogen and oxygen atoms in total. The van der Waals surface area contributed by atoms with Gasteiger partial charge in [-0.05, 0) is 6.07 Å². The van der Waals surface area contributed by atoms with Crippen molar-refractivity contribution in [3.05, 3.63) is 52.4 Å². The smallest absolute Gasteiger partial charge is 0.162 e. The molecule has 0 unspecified atom stereocenters. The number of nitrogens with zero attached hydrogens (tertiary/aromatic N) is 4. The van der Waals surface area contributed by atoms with Gasteiger partial charge in [0, 0.05) is 34.9 Å². The van der Waals surface area contributed by atoms with E-state index in [1.54, 1.807) is 16.9 Å². The zero-order chi connectivity index (χ0) is 14.1. The second-order valence-corrected chi connectivity index (χ2v) is 5.52. The summed E-state index contributed by atoms with van der Waals surface area (Å²) in [5.41, 5.74) is 2.56. The van der Waals surface area contributed by atoms with Crippen LogP contribution in [0.25, 0.3) is 22.6 Å². The first-order chi connectivity index (χ1) is 9.63. The van der Waals surface area contributed by atoms with Gasteiger partial charge in [-0.15, -0.1) is 0 Å². The fourth-order valence-electron chi connectivity index (χ4n) is 1.88. The fourth-order valence-corrected chi connectivity index (χ4v) is 2.53. The molecular formula is C14H10BrClN4. The van der Waals surface area contributed by atoms with Crippen molar-refractivity contribution in [2.75, 3.05) is 0 Å². The maximum absolute atomic E-state index is 6.12. The first kappa shape index (κ1) is 13.3. The molecule has 0 saturated carbocycles.